The van der Waals surface area contributed by atoms with Crippen molar-refractivity contribution >= 4 is 11.6 Å². The van der Waals surface area contributed by atoms with E-state index in [1.54, 1.807) is 37.8 Å². The van der Waals surface area contributed by atoms with Crippen LogP contribution in [0.2, 0.25) is 0 Å². The lowest BCUT2D eigenvalue weighted by Gasteiger charge is -2.20. The Morgan fingerprint density at radius 1 is 1.35 bits per heavy atom. The number of carbonyl (C=O) groups is 1. The number of methoxy groups -OCH3 is 1. The van der Waals surface area contributed by atoms with E-state index in [2.05, 4.69) is 25.8 Å². The van der Waals surface area contributed by atoms with Crippen molar-refractivity contribution in [1.29, 1.82) is 0 Å². The molecule has 0 aliphatic rings. The van der Waals surface area contributed by atoms with Crippen molar-refractivity contribution in [1.82, 2.24) is 25.2 Å². The molecule has 1 N–H and O–H groups in total. The molecular formula is C15H22N6O2. The van der Waals surface area contributed by atoms with Crippen molar-refractivity contribution in [3.63, 3.8) is 0 Å². The summed E-state index contributed by atoms with van der Waals surface area (Å²) in [5.74, 6) is 0.951. The number of rotatable bonds is 4. The van der Waals surface area contributed by atoms with E-state index in [1.807, 2.05) is 20.8 Å². The van der Waals surface area contributed by atoms with Crippen LogP contribution in [-0.4, -0.2) is 38.2 Å². The van der Waals surface area contributed by atoms with Gasteiger partial charge in [-0.2, -0.15) is 0 Å². The summed E-state index contributed by atoms with van der Waals surface area (Å²) in [4.78, 5) is 16.7. The third kappa shape index (κ3) is 3.64. The Hall–Kier alpha value is -2.51. The molecule has 124 valence electrons. The molecule has 1 unspecified atom stereocenters. The van der Waals surface area contributed by atoms with Gasteiger partial charge in [0.25, 0.3) is 0 Å². The number of pyridine rings is 1. The number of ether oxygens (including phenoxy) is 1. The van der Waals surface area contributed by atoms with E-state index in [9.17, 15) is 4.79 Å². The van der Waals surface area contributed by atoms with Crippen molar-refractivity contribution in [3.05, 3.63) is 23.7 Å². The number of hydrogen-bond donors (Lipinski definition) is 1. The van der Waals surface area contributed by atoms with Gasteiger partial charge in [-0.1, -0.05) is 20.8 Å². The third-order valence-electron chi connectivity index (χ3n) is 3.44. The first-order chi connectivity index (χ1) is 10.7. The molecule has 8 nitrogen and oxygen atoms in total. The fourth-order valence-corrected chi connectivity index (χ4v) is 2.08. The average molecular weight is 318 g/mol. The Balaban J connectivity index is 2.20. The SMILES string of the molecule is COc1ccc(NC(=O)C(C)n2nnnc2C(C)(C)C)c(C)n1. The minimum Gasteiger partial charge on any atom is -0.481 e. The largest absolute Gasteiger partial charge is 0.481 e. The van der Waals surface area contributed by atoms with Gasteiger partial charge in [0.05, 0.1) is 18.5 Å². The summed E-state index contributed by atoms with van der Waals surface area (Å²) in [6, 6.07) is 2.92. The monoisotopic (exact) mass is 318 g/mol. The summed E-state index contributed by atoms with van der Waals surface area (Å²) < 4.78 is 6.60. The standard InChI is InChI=1S/C15H22N6O2/c1-9-11(7-8-12(16-9)23-6)17-13(22)10(2)21-14(15(3,4)5)18-19-20-21/h7-8,10H,1-6H3,(H,17,22). The molecule has 8 heteroatoms. The van der Waals surface area contributed by atoms with Crippen LogP contribution in [0.4, 0.5) is 5.69 Å². The maximum atomic E-state index is 12.5. The van der Waals surface area contributed by atoms with Crippen LogP contribution >= 0.6 is 0 Å². The zero-order valence-electron chi connectivity index (χ0n) is 14.3. The smallest absolute Gasteiger partial charge is 0.249 e. The minimum absolute atomic E-state index is 0.210. The molecule has 0 aromatic carbocycles. The maximum absolute atomic E-state index is 12.5. The van der Waals surface area contributed by atoms with Crippen LogP contribution in [0.5, 0.6) is 5.88 Å². The van der Waals surface area contributed by atoms with E-state index in [0.717, 1.165) is 0 Å². The summed E-state index contributed by atoms with van der Waals surface area (Å²) in [6.45, 7) is 9.56. The van der Waals surface area contributed by atoms with E-state index in [0.29, 0.717) is 23.1 Å². The topological polar surface area (TPSA) is 94.8 Å². The minimum atomic E-state index is -0.541. The van der Waals surface area contributed by atoms with E-state index < -0.39 is 6.04 Å². The number of amides is 1. The van der Waals surface area contributed by atoms with Crippen LogP contribution in [0.15, 0.2) is 12.1 Å². The predicted molar refractivity (Wildman–Crippen MR) is 85.4 cm³/mol. The lowest BCUT2D eigenvalue weighted by molar-refractivity contribution is -0.119. The Kier molecular flexibility index (Phi) is 4.63. The van der Waals surface area contributed by atoms with Gasteiger partial charge in [0.15, 0.2) is 5.82 Å². The van der Waals surface area contributed by atoms with Gasteiger partial charge in [0.1, 0.15) is 6.04 Å². The Morgan fingerprint density at radius 2 is 2.04 bits per heavy atom. The van der Waals surface area contributed by atoms with E-state index in [4.69, 9.17) is 4.74 Å². The predicted octanol–water partition coefficient (Wildman–Crippen LogP) is 1.88. The summed E-state index contributed by atoms with van der Waals surface area (Å²) in [6.07, 6.45) is 0. The fourth-order valence-electron chi connectivity index (χ4n) is 2.08. The molecular weight excluding hydrogens is 296 g/mol. The van der Waals surface area contributed by atoms with Crippen LogP contribution in [-0.2, 0) is 10.2 Å². The molecule has 0 aliphatic carbocycles. The summed E-state index contributed by atoms with van der Waals surface area (Å²) in [5.41, 5.74) is 1.06. The number of nitrogens with one attached hydrogen (secondary N) is 1. The van der Waals surface area contributed by atoms with Crippen molar-refractivity contribution in [2.24, 2.45) is 0 Å². The number of tetrazole rings is 1. The van der Waals surface area contributed by atoms with Crippen molar-refractivity contribution in [2.45, 2.75) is 46.1 Å². The molecule has 0 saturated heterocycles. The summed E-state index contributed by atoms with van der Waals surface area (Å²) in [5, 5.41) is 14.5. The quantitative estimate of drug-likeness (QED) is 0.925. The molecule has 23 heavy (non-hydrogen) atoms. The Morgan fingerprint density at radius 3 is 2.61 bits per heavy atom. The molecule has 1 atom stereocenters. The molecule has 2 aromatic rings. The molecule has 0 aliphatic heterocycles. The molecule has 0 saturated carbocycles. The number of hydrogen-bond acceptors (Lipinski definition) is 6. The van der Waals surface area contributed by atoms with Crippen LogP contribution in [0.1, 0.15) is 45.3 Å². The highest BCUT2D eigenvalue weighted by molar-refractivity contribution is 5.93. The van der Waals surface area contributed by atoms with Crippen LogP contribution in [0, 0.1) is 6.92 Å². The van der Waals surface area contributed by atoms with Gasteiger partial charge in [-0.25, -0.2) is 9.67 Å². The second-order valence-electron chi connectivity index (χ2n) is 6.35. The molecule has 1 amide bonds. The number of aryl methyl sites for hydroxylation is 1. The van der Waals surface area contributed by atoms with Gasteiger partial charge in [-0.15, -0.1) is 5.10 Å². The number of anilines is 1. The van der Waals surface area contributed by atoms with Crippen molar-refractivity contribution < 1.29 is 9.53 Å². The van der Waals surface area contributed by atoms with Gasteiger partial charge >= 0.3 is 0 Å². The number of nitrogens with zero attached hydrogens (tertiary/aromatic N) is 5. The molecule has 0 bridgehead atoms. The Bertz CT molecular complexity index is 704. The molecule has 2 heterocycles. The molecule has 0 spiro atoms. The zero-order chi connectivity index (χ0) is 17.2. The van der Waals surface area contributed by atoms with Crippen molar-refractivity contribution in [2.75, 3.05) is 12.4 Å². The van der Waals surface area contributed by atoms with Gasteiger partial charge in [-0.05, 0) is 30.3 Å². The van der Waals surface area contributed by atoms with Crippen LogP contribution in [0.25, 0.3) is 0 Å². The van der Waals surface area contributed by atoms with Gasteiger partial charge in [0.2, 0.25) is 11.8 Å². The van der Waals surface area contributed by atoms with E-state index >= 15 is 0 Å². The lowest BCUT2D eigenvalue weighted by atomic mass is 9.95. The number of carbonyl (C=O) groups excluding carboxylic acids is 1. The summed E-state index contributed by atoms with van der Waals surface area (Å²) >= 11 is 0. The third-order valence-corrected chi connectivity index (χ3v) is 3.44. The zero-order valence-corrected chi connectivity index (χ0v) is 14.3. The fraction of sp³-hybridized carbons (Fsp3) is 0.533. The van der Waals surface area contributed by atoms with Crippen molar-refractivity contribution in [3.8, 4) is 5.88 Å². The van der Waals surface area contributed by atoms with Crippen LogP contribution < -0.4 is 10.1 Å². The molecule has 2 aromatic heterocycles. The normalized spacial score (nSPS) is 12.8. The first-order valence-electron chi connectivity index (χ1n) is 7.35. The lowest BCUT2D eigenvalue weighted by Crippen LogP contribution is -2.29. The molecule has 2 rings (SSSR count). The molecule has 0 radical (unpaired) electrons. The van der Waals surface area contributed by atoms with E-state index in [-0.39, 0.29) is 11.3 Å². The number of aromatic nitrogens is 5. The molecule has 0 fully saturated rings. The van der Waals surface area contributed by atoms with Crippen LogP contribution in [0.3, 0.4) is 0 Å². The first-order valence-corrected chi connectivity index (χ1v) is 7.35. The highest BCUT2D eigenvalue weighted by Gasteiger charge is 2.27. The second kappa shape index (κ2) is 6.31. The average Bonchev–Trinajstić information content (AvgIpc) is 2.98. The second-order valence-corrected chi connectivity index (χ2v) is 6.35. The highest BCUT2D eigenvalue weighted by Crippen LogP contribution is 2.23. The van der Waals surface area contributed by atoms with E-state index in [1.165, 1.54) is 0 Å². The first kappa shape index (κ1) is 16.9. The van der Waals surface area contributed by atoms with Gasteiger partial charge in [-0.3, -0.25) is 4.79 Å². The highest BCUT2D eigenvalue weighted by atomic mass is 16.5. The Labute approximate surface area is 135 Å². The summed E-state index contributed by atoms with van der Waals surface area (Å²) in [7, 11) is 1.55. The van der Waals surface area contributed by atoms with Gasteiger partial charge in [0, 0.05) is 11.5 Å². The van der Waals surface area contributed by atoms with Gasteiger partial charge < -0.3 is 10.1 Å². The maximum Gasteiger partial charge on any atom is 0.249 e.